The maximum atomic E-state index is 12.4. The van der Waals surface area contributed by atoms with Gasteiger partial charge in [-0.25, -0.2) is 0 Å². The Morgan fingerprint density at radius 3 is 2.48 bits per heavy atom. The van der Waals surface area contributed by atoms with E-state index in [-0.39, 0.29) is 5.92 Å². The van der Waals surface area contributed by atoms with Gasteiger partial charge < -0.3 is 5.32 Å². The van der Waals surface area contributed by atoms with Crippen molar-refractivity contribution in [3.8, 4) is 0 Å². The monoisotopic (exact) mass is 341 g/mol. The van der Waals surface area contributed by atoms with Crippen LogP contribution in [0.4, 0.5) is 0 Å². The average Bonchev–Trinajstić information content (AvgIpc) is 3.47. The molecule has 4 heteroatoms. The summed E-state index contributed by atoms with van der Waals surface area (Å²) in [6.07, 6.45) is 7.09. The van der Waals surface area contributed by atoms with Gasteiger partial charge in [0.25, 0.3) is 0 Å². The number of piperidine rings is 2. The lowest BCUT2D eigenvalue weighted by atomic mass is 9.93. The first kappa shape index (κ1) is 17.0. The topological polar surface area (TPSA) is 35.6 Å². The molecule has 1 atom stereocenters. The summed E-state index contributed by atoms with van der Waals surface area (Å²) < 4.78 is 0. The van der Waals surface area contributed by atoms with Gasteiger partial charge in [0, 0.05) is 25.2 Å². The number of benzene rings is 1. The molecule has 0 radical (unpaired) electrons. The highest BCUT2D eigenvalue weighted by Gasteiger charge is 2.33. The maximum Gasteiger partial charge on any atom is 0.224 e. The lowest BCUT2D eigenvalue weighted by Gasteiger charge is -2.42. The normalized spacial score (nSPS) is 26.5. The standard InChI is InChI=1S/C21H31N3O/c25-21(22-19-8-9-19)18-7-4-12-24(16-18)20-10-13-23(14-11-20)15-17-5-2-1-3-6-17/h1-3,5-6,18-20H,4,7-16H2,(H,22,25). The van der Waals surface area contributed by atoms with E-state index in [1.165, 1.54) is 57.3 Å². The molecule has 1 amide bonds. The summed E-state index contributed by atoms with van der Waals surface area (Å²) in [6, 6.07) is 11.9. The van der Waals surface area contributed by atoms with Gasteiger partial charge in [-0.05, 0) is 63.7 Å². The van der Waals surface area contributed by atoms with Crippen molar-refractivity contribution in [1.29, 1.82) is 0 Å². The number of likely N-dealkylation sites (tertiary alicyclic amines) is 2. The van der Waals surface area contributed by atoms with Crippen LogP contribution >= 0.6 is 0 Å². The Morgan fingerprint density at radius 2 is 1.76 bits per heavy atom. The highest BCUT2D eigenvalue weighted by atomic mass is 16.2. The minimum atomic E-state index is 0.219. The molecule has 25 heavy (non-hydrogen) atoms. The molecule has 4 nitrogen and oxygen atoms in total. The molecular weight excluding hydrogens is 310 g/mol. The predicted molar refractivity (Wildman–Crippen MR) is 100 cm³/mol. The van der Waals surface area contributed by atoms with Crippen LogP contribution in [0.25, 0.3) is 0 Å². The minimum absolute atomic E-state index is 0.219. The first-order valence-electron chi connectivity index (χ1n) is 10.1. The van der Waals surface area contributed by atoms with Crippen LogP contribution in [0.15, 0.2) is 30.3 Å². The first-order chi connectivity index (χ1) is 12.3. The van der Waals surface area contributed by atoms with Gasteiger partial charge in [-0.2, -0.15) is 0 Å². The fourth-order valence-corrected chi connectivity index (χ4v) is 4.38. The second kappa shape index (κ2) is 7.88. The molecule has 136 valence electrons. The third-order valence-corrected chi connectivity index (χ3v) is 6.07. The number of hydrogen-bond acceptors (Lipinski definition) is 3. The maximum absolute atomic E-state index is 12.4. The van der Waals surface area contributed by atoms with Crippen LogP contribution in [-0.2, 0) is 11.3 Å². The van der Waals surface area contributed by atoms with Crippen molar-refractivity contribution < 1.29 is 4.79 Å². The van der Waals surface area contributed by atoms with E-state index in [9.17, 15) is 4.79 Å². The van der Waals surface area contributed by atoms with E-state index < -0.39 is 0 Å². The van der Waals surface area contributed by atoms with Gasteiger partial charge in [-0.3, -0.25) is 14.6 Å². The van der Waals surface area contributed by atoms with Crippen LogP contribution in [-0.4, -0.2) is 54.0 Å². The first-order valence-corrected chi connectivity index (χ1v) is 10.1. The number of nitrogens with one attached hydrogen (secondary N) is 1. The third kappa shape index (κ3) is 4.62. The summed E-state index contributed by atoms with van der Waals surface area (Å²) in [5, 5.41) is 3.21. The molecule has 1 saturated carbocycles. The zero-order valence-corrected chi connectivity index (χ0v) is 15.2. The van der Waals surface area contributed by atoms with Crippen molar-refractivity contribution in [3.05, 3.63) is 35.9 Å². The van der Waals surface area contributed by atoms with Crippen LogP contribution in [0.3, 0.4) is 0 Å². The van der Waals surface area contributed by atoms with Crippen LogP contribution in [0.5, 0.6) is 0 Å². The van der Waals surface area contributed by atoms with Crippen molar-refractivity contribution in [2.45, 2.75) is 57.2 Å². The van der Waals surface area contributed by atoms with Crippen LogP contribution in [0.2, 0.25) is 0 Å². The van der Waals surface area contributed by atoms with E-state index in [2.05, 4.69) is 45.4 Å². The molecule has 1 aromatic rings. The predicted octanol–water partition coefficient (Wildman–Crippen LogP) is 2.64. The molecule has 0 spiro atoms. The number of rotatable bonds is 5. The van der Waals surface area contributed by atoms with Gasteiger partial charge in [-0.1, -0.05) is 30.3 Å². The Kier molecular flexibility index (Phi) is 5.37. The number of carbonyl (C=O) groups is 1. The second-order valence-corrected chi connectivity index (χ2v) is 8.11. The van der Waals surface area contributed by atoms with Crippen molar-refractivity contribution in [3.63, 3.8) is 0 Å². The zero-order chi connectivity index (χ0) is 17.1. The Hall–Kier alpha value is -1.39. The van der Waals surface area contributed by atoms with Gasteiger partial charge in [0.15, 0.2) is 0 Å². The van der Waals surface area contributed by atoms with E-state index >= 15 is 0 Å². The molecule has 0 aromatic heterocycles. The van der Waals surface area contributed by atoms with Crippen molar-refractivity contribution in [2.24, 2.45) is 5.92 Å². The van der Waals surface area contributed by atoms with E-state index in [1.807, 2.05) is 0 Å². The number of hydrogen-bond donors (Lipinski definition) is 1. The summed E-state index contributed by atoms with van der Waals surface area (Å²) in [4.78, 5) is 17.6. The van der Waals surface area contributed by atoms with Gasteiger partial charge >= 0.3 is 0 Å². The highest BCUT2D eigenvalue weighted by Crippen LogP contribution is 2.26. The lowest BCUT2D eigenvalue weighted by Crippen LogP contribution is -2.50. The second-order valence-electron chi connectivity index (χ2n) is 8.11. The van der Waals surface area contributed by atoms with Crippen molar-refractivity contribution in [2.75, 3.05) is 26.2 Å². The molecular formula is C21H31N3O. The minimum Gasteiger partial charge on any atom is -0.353 e. The smallest absolute Gasteiger partial charge is 0.224 e. The average molecular weight is 341 g/mol. The van der Waals surface area contributed by atoms with Crippen LogP contribution in [0.1, 0.15) is 44.1 Å². The van der Waals surface area contributed by atoms with Gasteiger partial charge in [0.05, 0.1) is 5.92 Å². The summed E-state index contributed by atoms with van der Waals surface area (Å²) in [7, 11) is 0. The summed E-state index contributed by atoms with van der Waals surface area (Å²) in [5.41, 5.74) is 1.41. The molecule has 2 aliphatic heterocycles. The Bertz CT molecular complexity index is 564. The van der Waals surface area contributed by atoms with Crippen LogP contribution < -0.4 is 5.32 Å². The molecule has 1 N–H and O–H groups in total. The fourth-order valence-electron chi connectivity index (χ4n) is 4.38. The molecule has 1 unspecified atom stereocenters. The molecule has 3 aliphatic rings. The van der Waals surface area contributed by atoms with Crippen LogP contribution in [0, 0.1) is 5.92 Å². The molecule has 4 rings (SSSR count). The SMILES string of the molecule is O=C(NC1CC1)C1CCCN(C2CCN(Cc3ccccc3)CC2)C1. The Labute approximate surface area is 151 Å². The largest absolute Gasteiger partial charge is 0.353 e. The summed E-state index contributed by atoms with van der Waals surface area (Å²) >= 11 is 0. The molecule has 2 heterocycles. The Morgan fingerprint density at radius 1 is 1.00 bits per heavy atom. The molecule has 0 bridgehead atoms. The Balaban J connectivity index is 1.24. The van der Waals surface area contributed by atoms with Gasteiger partial charge in [-0.15, -0.1) is 0 Å². The quantitative estimate of drug-likeness (QED) is 0.894. The van der Waals surface area contributed by atoms with E-state index in [1.54, 1.807) is 0 Å². The lowest BCUT2D eigenvalue weighted by molar-refractivity contribution is -0.127. The van der Waals surface area contributed by atoms with E-state index in [0.717, 1.165) is 19.5 Å². The molecule has 2 saturated heterocycles. The highest BCUT2D eigenvalue weighted by molar-refractivity contribution is 5.79. The molecule has 1 aromatic carbocycles. The van der Waals surface area contributed by atoms with Crippen molar-refractivity contribution >= 4 is 5.91 Å². The fraction of sp³-hybridized carbons (Fsp3) is 0.667. The van der Waals surface area contributed by atoms with E-state index in [4.69, 9.17) is 0 Å². The zero-order valence-electron chi connectivity index (χ0n) is 15.2. The van der Waals surface area contributed by atoms with Crippen molar-refractivity contribution in [1.82, 2.24) is 15.1 Å². The number of nitrogens with zero attached hydrogens (tertiary/aromatic N) is 2. The van der Waals surface area contributed by atoms with Gasteiger partial charge in [0.2, 0.25) is 5.91 Å². The number of carbonyl (C=O) groups excluding carboxylic acids is 1. The molecule has 1 aliphatic carbocycles. The third-order valence-electron chi connectivity index (χ3n) is 6.07. The van der Waals surface area contributed by atoms with Gasteiger partial charge in [0.1, 0.15) is 0 Å². The summed E-state index contributed by atoms with van der Waals surface area (Å²) in [5.74, 6) is 0.533. The summed E-state index contributed by atoms with van der Waals surface area (Å²) in [6.45, 7) is 5.57. The molecule has 3 fully saturated rings. The number of amides is 1. The van der Waals surface area contributed by atoms with E-state index in [0.29, 0.717) is 18.0 Å².